The zero-order valence-corrected chi connectivity index (χ0v) is 11.5. The molecular formula is C13H18N4S. The molecule has 0 saturated heterocycles. The molecule has 1 unspecified atom stereocenters. The Bertz CT molecular complexity index is 497. The van der Waals surface area contributed by atoms with Gasteiger partial charge in [-0.3, -0.25) is 0 Å². The van der Waals surface area contributed by atoms with Crippen LogP contribution in [0.1, 0.15) is 25.2 Å². The second kappa shape index (κ2) is 5.46. The van der Waals surface area contributed by atoms with Gasteiger partial charge in [0.2, 0.25) is 5.13 Å². The third-order valence-electron chi connectivity index (χ3n) is 2.99. The third kappa shape index (κ3) is 2.68. The normalized spacial score (nSPS) is 14.2. The Kier molecular flexibility index (Phi) is 3.93. The summed E-state index contributed by atoms with van der Waals surface area (Å²) >= 11 is 1.38. The molecule has 2 rings (SSSR count). The van der Waals surface area contributed by atoms with Gasteiger partial charge in [-0.1, -0.05) is 37.3 Å². The van der Waals surface area contributed by atoms with Crippen molar-refractivity contribution in [3.8, 4) is 0 Å². The molecule has 0 saturated carbocycles. The van der Waals surface area contributed by atoms with Gasteiger partial charge in [0.05, 0.1) is 5.54 Å². The molecule has 0 bridgehead atoms. The maximum absolute atomic E-state index is 5.92. The number of nitrogens with one attached hydrogen (secondary N) is 1. The number of anilines is 1. The van der Waals surface area contributed by atoms with Crippen molar-refractivity contribution in [2.24, 2.45) is 5.73 Å². The molecular weight excluding hydrogens is 244 g/mol. The smallest absolute Gasteiger partial charge is 0.203 e. The molecule has 5 heteroatoms. The van der Waals surface area contributed by atoms with Gasteiger partial charge in [-0.25, -0.2) is 4.98 Å². The van der Waals surface area contributed by atoms with Gasteiger partial charge in [-0.05, 0) is 12.5 Å². The van der Waals surface area contributed by atoms with Gasteiger partial charge in [0.25, 0.3) is 0 Å². The van der Waals surface area contributed by atoms with Crippen molar-refractivity contribution in [3.05, 3.63) is 41.7 Å². The van der Waals surface area contributed by atoms with E-state index in [0.29, 0.717) is 6.54 Å². The number of aromatic nitrogens is 2. The van der Waals surface area contributed by atoms with E-state index in [1.807, 2.05) is 25.1 Å². The number of hydrogen-bond acceptors (Lipinski definition) is 5. The standard InChI is InChI=1S/C13H18N4S/c1-3-11-15-12(18-17-11)16-13(2,9-14)10-7-5-4-6-8-10/h4-8H,3,9,14H2,1-2H3,(H,15,16,17). The largest absolute Gasteiger partial charge is 0.350 e. The summed E-state index contributed by atoms with van der Waals surface area (Å²) in [6.45, 7) is 4.62. The fraction of sp³-hybridized carbons (Fsp3) is 0.385. The fourth-order valence-corrected chi connectivity index (χ4v) is 2.51. The van der Waals surface area contributed by atoms with Crippen LogP contribution in [0, 0.1) is 0 Å². The molecule has 18 heavy (non-hydrogen) atoms. The molecule has 0 aliphatic rings. The van der Waals surface area contributed by atoms with Crippen LogP contribution in [0.25, 0.3) is 0 Å². The van der Waals surface area contributed by atoms with E-state index in [4.69, 9.17) is 5.73 Å². The molecule has 96 valence electrons. The van der Waals surface area contributed by atoms with Crippen molar-refractivity contribution in [3.63, 3.8) is 0 Å². The molecule has 1 atom stereocenters. The average Bonchev–Trinajstić information content (AvgIpc) is 2.87. The van der Waals surface area contributed by atoms with E-state index in [0.717, 1.165) is 22.9 Å². The van der Waals surface area contributed by atoms with E-state index in [-0.39, 0.29) is 5.54 Å². The first-order chi connectivity index (χ1) is 8.68. The average molecular weight is 262 g/mol. The lowest BCUT2D eigenvalue weighted by atomic mass is 9.92. The van der Waals surface area contributed by atoms with Crippen LogP contribution in [0.2, 0.25) is 0 Å². The summed E-state index contributed by atoms with van der Waals surface area (Å²) in [5.74, 6) is 0.870. The molecule has 0 aliphatic carbocycles. The molecule has 1 heterocycles. The van der Waals surface area contributed by atoms with Crippen LogP contribution in [0.3, 0.4) is 0 Å². The second-order valence-corrected chi connectivity index (χ2v) is 5.15. The number of nitrogens with two attached hydrogens (primary N) is 1. The van der Waals surface area contributed by atoms with E-state index in [1.54, 1.807) is 0 Å². The van der Waals surface area contributed by atoms with Crippen LogP contribution in [-0.4, -0.2) is 15.9 Å². The van der Waals surface area contributed by atoms with E-state index in [9.17, 15) is 0 Å². The number of nitrogens with zero attached hydrogens (tertiary/aromatic N) is 2. The van der Waals surface area contributed by atoms with Crippen LogP contribution in [-0.2, 0) is 12.0 Å². The molecule has 3 N–H and O–H groups in total. The summed E-state index contributed by atoms with van der Waals surface area (Å²) in [5.41, 5.74) is 6.76. The zero-order valence-electron chi connectivity index (χ0n) is 10.7. The first kappa shape index (κ1) is 13.0. The van der Waals surface area contributed by atoms with Gasteiger partial charge in [0.1, 0.15) is 5.82 Å². The molecule has 1 aromatic heterocycles. The molecule has 0 spiro atoms. The Balaban J connectivity index is 2.23. The number of hydrogen-bond donors (Lipinski definition) is 2. The van der Waals surface area contributed by atoms with E-state index >= 15 is 0 Å². The Hall–Kier alpha value is -1.46. The van der Waals surface area contributed by atoms with Gasteiger partial charge in [0.15, 0.2) is 0 Å². The highest BCUT2D eigenvalue weighted by Gasteiger charge is 2.25. The van der Waals surface area contributed by atoms with Crippen LogP contribution in [0.15, 0.2) is 30.3 Å². The SMILES string of the molecule is CCc1nsc(NC(C)(CN)c2ccccc2)n1. The van der Waals surface area contributed by atoms with Crippen LogP contribution < -0.4 is 11.1 Å². The first-order valence-electron chi connectivity index (χ1n) is 6.04. The highest BCUT2D eigenvalue weighted by molar-refractivity contribution is 7.09. The monoisotopic (exact) mass is 262 g/mol. The lowest BCUT2D eigenvalue weighted by Gasteiger charge is -2.29. The van der Waals surface area contributed by atoms with E-state index < -0.39 is 0 Å². The minimum atomic E-state index is -0.314. The van der Waals surface area contributed by atoms with Crippen molar-refractivity contribution in [1.29, 1.82) is 0 Å². The second-order valence-electron chi connectivity index (χ2n) is 4.40. The van der Waals surface area contributed by atoms with Crippen LogP contribution in [0.5, 0.6) is 0 Å². The quantitative estimate of drug-likeness (QED) is 0.868. The van der Waals surface area contributed by atoms with Gasteiger partial charge < -0.3 is 11.1 Å². The fourth-order valence-electron chi connectivity index (χ4n) is 1.73. The van der Waals surface area contributed by atoms with Gasteiger partial charge >= 0.3 is 0 Å². The van der Waals surface area contributed by atoms with Crippen LogP contribution in [0.4, 0.5) is 5.13 Å². The maximum Gasteiger partial charge on any atom is 0.203 e. The Labute approximate surface area is 111 Å². The van der Waals surface area contributed by atoms with E-state index in [2.05, 4.69) is 33.7 Å². The van der Waals surface area contributed by atoms with Crippen molar-refractivity contribution in [1.82, 2.24) is 9.36 Å². The molecule has 0 fully saturated rings. The van der Waals surface area contributed by atoms with Crippen molar-refractivity contribution < 1.29 is 0 Å². The summed E-state index contributed by atoms with van der Waals surface area (Å²) in [4.78, 5) is 4.43. The molecule has 2 aromatic rings. The lowest BCUT2D eigenvalue weighted by Crippen LogP contribution is -2.39. The minimum absolute atomic E-state index is 0.314. The number of rotatable bonds is 5. The third-order valence-corrected chi connectivity index (χ3v) is 3.65. The molecule has 0 radical (unpaired) electrons. The summed E-state index contributed by atoms with van der Waals surface area (Å²) < 4.78 is 4.27. The molecule has 1 aromatic carbocycles. The van der Waals surface area contributed by atoms with Crippen molar-refractivity contribution in [2.45, 2.75) is 25.8 Å². The van der Waals surface area contributed by atoms with Gasteiger partial charge in [-0.15, -0.1) is 0 Å². The highest BCUT2D eigenvalue weighted by atomic mass is 32.1. The van der Waals surface area contributed by atoms with Crippen LogP contribution >= 0.6 is 11.5 Å². The highest BCUT2D eigenvalue weighted by Crippen LogP contribution is 2.26. The van der Waals surface area contributed by atoms with Gasteiger partial charge in [0, 0.05) is 24.5 Å². The maximum atomic E-state index is 5.92. The number of benzene rings is 1. The van der Waals surface area contributed by atoms with Gasteiger partial charge in [-0.2, -0.15) is 4.37 Å². The predicted octanol–water partition coefficient (Wildman–Crippen LogP) is 2.39. The van der Waals surface area contributed by atoms with Crippen molar-refractivity contribution >= 4 is 16.7 Å². The Morgan fingerprint density at radius 2 is 2.06 bits per heavy atom. The summed E-state index contributed by atoms with van der Waals surface area (Å²) in [7, 11) is 0. The summed E-state index contributed by atoms with van der Waals surface area (Å²) in [6.07, 6.45) is 0.850. The number of aryl methyl sites for hydroxylation is 1. The van der Waals surface area contributed by atoms with Crippen molar-refractivity contribution in [2.75, 3.05) is 11.9 Å². The minimum Gasteiger partial charge on any atom is -0.350 e. The lowest BCUT2D eigenvalue weighted by molar-refractivity contribution is 0.556. The molecule has 4 nitrogen and oxygen atoms in total. The summed E-state index contributed by atoms with van der Waals surface area (Å²) in [5, 5.41) is 4.22. The Morgan fingerprint density at radius 3 is 2.61 bits per heavy atom. The Morgan fingerprint density at radius 1 is 1.33 bits per heavy atom. The zero-order chi connectivity index (χ0) is 13.0. The summed E-state index contributed by atoms with van der Waals surface area (Å²) in [6, 6.07) is 10.2. The molecule has 0 aliphatic heterocycles. The predicted molar refractivity (Wildman–Crippen MR) is 75.8 cm³/mol. The topological polar surface area (TPSA) is 63.8 Å². The first-order valence-corrected chi connectivity index (χ1v) is 6.81. The molecule has 0 amide bonds. The van der Waals surface area contributed by atoms with E-state index in [1.165, 1.54) is 11.5 Å².